The Kier molecular flexibility index (Phi) is 8.23. The van der Waals surface area contributed by atoms with Gasteiger partial charge < -0.3 is 18.9 Å². The molecule has 2 atom stereocenters. The van der Waals surface area contributed by atoms with Crippen LogP contribution in [0.1, 0.15) is 46.2 Å². The summed E-state index contributed by atoms with van der Waals surface area (Å²) in [5.74, 6) is 1.62. The van der Waals surface area contributed by atoms with Crippen LogP contribution in [0.2, 0.25) is 0 Å². The minimum atomic E-state index is 0.189. The zero-order valence-corrected chi connectivity index (χ0v) is 22.4. The summed E-state index contributed by atoms with van der Waals surface area (Å²) in [4.78, 5) is 0. The van der Waals surface area contributed by atoms with E-state index in [1.165, 1.54) is 33.4 Å². The van der Waals surface area contributed by atoms with Crippen molar-refractivity contribution >= 4 is 0 Å². The van der Waals surface area contributed by atoms with Crippen LogP contribution in [0.15, 0.2) is 97.1 Å². The summed E-state index contributed by atoms with van der Waals surface area (Å²) in [6.07, 6.45) is 7.21. The van der Waals surface area contributed by atoms with Crippen LogP contribution in [-0.4, -0.2) is 32.2 Å². The number of hydrogen-bond donors (Lipinski definition) is 0. The summed E-state index contributed by atoms with van der Waals surface area (Å²) in [7, 11) is 0. The van der Waals surface area contributed by atoms with Crippen molar-refractivity contribution in [3.05, 3.63) is 130 Å². The number of benzene rings is 4. The summed E-state index contributed by atoms with van der Waals surface area (Å²) in [6, 6.07) is 34.5. The molecule has 0 amide bonds. The van der Waals surface area contributed by atoms with Gasteiger partial charge in [0, 0.05) is 0 Å². The van der Waals surface area contributed by atoms with E-state index in [0.29, 0.717) is 12.2 Å². The van der Waals surface area contributed by atoms with E-state index in [0.717, 1.165) is 63.2 Å². The van der Waals surface area contributed by atoms with Crippen molar-refractivity contribution in [2.75, 3.05) is 20.0 Å². The van der Waals surface area contributed by atoms with Crippen molar-refractivity contribution in [3.63, 3.8) is 0 Å². The fourth-order valence-corrected chi connectivity index (χ4v) is 4.82. The third-order valence-electron chi connectivity index (χ3n) is 7.48. The second kappa shape index (κ2) is 12.5. The average Bonchev–Trinajstić information content (AvgIpc) is 3.90. The molecule has 39 heavy (non-hydrogen) atoms. The molecule has 2 saturated heterocycles. The first-order valence-corrected chi connectivity index (χ1v) is 14.1. The van der Waals surface area contributed by atoms with Gasteiger partial charge in [-0.05, 0) is 96.2 Å². The van der Waals surface area contributed by atoms with Gasteiger partial charge in [0.2, 0.25) is 6.79 Å². The smallest absolute Gasteiger partial charge is 0.230 e. The van der Waals surface area contributed by atoms with Gasteiger partial charge in [-0.1, -0.05) is 72.8 Å². The van der Waals surface area contributed by atoms with Gasteiger partial charge in [0.25, 0.3) is 0 Å². The number of hydrogen-bond acceptors (Lipinski definition) is 4. The summed E-state index contributed by atoms with van der Waals surface area (Å²) in [6.45, 7) is 2.05. The third-order valence-corrected chi connectivity index (χ3v) is 7.48. The third kappa shape index (κ3) is 8.19. The maximum atomic E-state index is 5.79. The lowest BCUT2D eigenvalue weighted by molar-refractivity contribution is 0.120. The average molecular weight is 521 g/mol. The molecule has 4 aromatic rings. The minimum Gasteiger partial charge on any atom is -0.458 e. The van der Waals surface area contributed by atoms with E-state index in [-0.39, 0.29) is 6.79 Å². The normalized spacial score (nSPS) is 17.5. The molecule has 4 aromatic carbocycles. The molecule has 0 N–H and O–H groups in total. The standard InChI is InChI=1S/C35H36O4/c1-3-28(4-2-26(1)11-19-34-23-36-34)21-29-5-7-30(8-6-29)22-31-13-17-33(18-14-31)39-25-38-32-15-9-27(10-16-32)12-20-35-24-37-35/h1-10,13-18,34-35H,11-12,19-25H2. The van der Waals surface area contributed by atoms with Crippen molar-refractivity contribution in [3.8, 4) is 11.5 Å². The first-order valence-electron chi connectivity index (χ1n) is 14.1. The summed E-state index contributed by atoms with van der Waals surface area (Å²) < 4.78 is 22.1. The van der Waals surface area contributed by atoms with Crippen molar-refractivity contribution < 1.29 is 18.9 Å². The molecule has 6 rings (SSSR count). The Labute approximate surface area is 231 Å². The van der Waals surface area contributed by atoms with Crippen molar-refractivity contribution in [2.45, 2.75) is 50.7 Å². The molecule has 2 unspecified atom stereocenters. The molecular formula is C35H36O4. The van der Waals surface area contributed by atoms with Crippen molar-refractivity contribution in [1.82, 2.24) is 0 Å². The second-order valence-corrected chi connectivity index (χ2v) is 10.7. The van der Waals surface area contributed by atoms with Gasteiger partial charge in [0.05, 0.1) is 25.4 Å². The monoisotopic (exact) mass is 520 g/mol. The Morgan fingerprint density at radius 1 is 0.462 bits per heavy atom. The lowest BCUT2D eigenvalue weighted by atomic mass is 9.99. The molecule has 0 spiro atoms. The molecule has 0 aliphatic carbocycles. The van der Waals surface area contributed by atoms with E-state index in [9.17, 15) is 0 Å². The summed E-state index contributed by atoms with van der Waals surface area (Å²) in [5, 5.41) is 0. The Hall–Kier alpha value is -3.60. The second-order valence-electron chi connectivity index (χ2n) is 10.7. The fourth-order valence-electron chi connectivity index (χ4n) is 4.82. The number of epoxide rings is 2. The number of ether oxygens (including phenoxy) is 4. The summed E-state index contributed by atoms with van der Waals surface area (Å²) in [5.41, 5.74) is 7.96. The highest BCUT2D eigenvalue weighted by atomic mass is 16.7. The molecule has 0 bridgehead atoms. The van der Waals surface area contributed by atoms with Crippen LogP contribution in [-0.2, 0) is 35.2 Å². The summed E-state index contributed by atoms with van der Waals surface area (Å²) >= 11 is 0. The topological polar surface area (TPSA) is 43.5 Å². The van der Waals surface area contributed by atoms with Gasteiger partial charge in [-0.25, -0.2) is 0 Å². The Bertz CT molecular complexity index is 1300. The maximum Gasteiger partial charge on any atom is 0.230 e. The molecule has 200 valence electrons. The zero-order chi connectivity index (χ0) is 26.3. The van der Waals surface area contributed by atoms with Gasteiger partial charge in [0.15, 0.2) is 0 Å². The molecule has 0 saturated carbocycles. The lowest BCUT2D eigenvalue weighted by Gasteiger charge is -2.10. The molecule has 2 aliphatic rings. The molecule has 0 radical (unpaired) electrons. The SMILES string of the molecule is c1cc(Cc2ccc(Cc3ccc(OCOc4ccc(CCC5CO5)cc4)cc3)cc2)ccc1CCC1CO1. The highest BCUT2D eigenvalue weighted by molar-refractivity contribution is 5.35. The Morgan fingerprint density at radius 2 is 0.769 bits per heavy atom. The van der Waals surface area contributed by atoms with E-state index < -0.39 is 0 Å². The minimum absolute atomic E-state index is 0.189. The highest BCUT2D eigenvalue weighted by Crippen LogP contribution is 2.21. The highest BCUT2D eigenvalue weighted by Gasteiger charge is 2.22. The van der Waals surface area contributed by atoms with E-state index in [1.54, 1.807) is 0 Å². The quantitative estimate of drug-likeness (QED) is 0.133. The van der Waals surface area contributed by atoms with Crippen LogP contribution in [0.25, 0.3) is 0 Å². The van der Waals surface area contributed by atoms with Crippen LogP contribution in [0, 0.1) is 0 Å². The molecule has 4 heteroatoms. The maximum absolute atomic E-state index is 5.79. The van der Waals surface area contributed by atoms with E-state index in [2.05, 4.69) is 72.8 Å². The van der Waals surface area contributed by atoms with Gasteiger partial charge in [-0.15, -0.1) is 0 Å². The number of rotatable bonds is 14. The van der Waals surface area contributed by atoms with Crippen molar-refractivity contribution in [2.24, 2.45) is 0 Å². The first-order chi connectivity index (χ1) is 19.2. The Balaban J connectivity index is 0.924. The molecule has 4 nitrogen and oxygen atoms in total. The van der Waals surface area contributed by atoms with Crippen LogP contribution in [0.4, 0.5) is 0 Å². The van der Waals surface area contributed by atoms with Gasteiger partial charge in [-0.3, -0.25) is 0 Å². The predicted octanol–water partition coefficient (Wildman–Crippen LogP) is 6.95. The molecule has 2 aliphatic heterocycles. The Morgan fingerprint density at radius 3 is 1.13 bits per heavy atom. The molecule has 2 heterocycles. The predicted molar refractivity (Wildman–Crippen MR) is 154 cm³/mol. The van der Waals surface area contributed by atoms with Gasteiger partial charge in [-0.2, -0.15) is 0 Å². The largest absolute Gasteiger partial charge is 0.458 e. The van der Waals surface area contributed by atoms with Gasteiger partial charge >= 0.3 is 0 Å². The first kappa shape index (κ1) is 25.7. The fraction of sp³-hybridized carbons (Fsp3) is 0.314. The molecular weight excluding hydrogens is 484 g/mol. The van der Waals surface area contributed by atoms with Crippen LogP contribution in [0.5, 0.6) is 11.5 Å². The lowest BCUT2D eigenvalue weighted by Crippen LogP contribution is -2.05. The van der Waals surface area contributed by atoms with Crippen LogP contribution >= 0.6 is 0 Å². The van der Waals surface area contributed by atoms with E-state index >= 15 is 0 Å². The zero-order valence-electron chi connectivity index (χ0n) is 22.4. The molecule has 0 aromatic heterocycles. The van der Waals surface area contributed by atoms with E-state index in [1.807, 2.05) is 24.3 Å². The van der Waals surface area contributed by atoms with Crippen LogP contribution in [0.3, 0.4) is 0 Å². The number of aryl methyl sites for hydroxylation is 2. The van der Waals surface area contributed by atoms with Gasteiger partial charge in [0.1, 0.15) is 11.5 Å². The van der Waals surface area contributed by atoms with Crippen molar-refractivity contribution in [1.29, 1.82) is 0 Å². The molecule has 2 fully saturated rings. The van der Waals surface area contributed by atoms with Crippen LogP contribution < -0.4 is 9.47 Å². The van der Waals surface area contributed by atoms with E-state index in [4.69, 9.17) is 18.9 Å².